The molecule has 0 spiro atoms. The van der Waals surface area contributed by atoms with E-state index >= 15 is 0 Å². The van der Waals surface area contributed by atoms with Crippen LogP contribution in [0.3, 0.4) is 0 Å². The van der Waals surface area contributed by atoms with Crippen molar-refractivity contribution in [3.63, 3.8) is 0 Å². The highest BCUT2D eigenvalue weighted by atomic mass is 35.5. The summed E-state index contributed by atoms with van der Waals surface area (Å²) in [6.45, 7) is 5.57. The maximum atomic E-state index is 12.3. The Hall–Kier alpha value is -4.06. The molecule has 0 aromatic carbocycles. The average molecular weight is 560 g/mol. The number of rotatable bonds is 8. The fourth-order valence-electron chi connectivity index (χ4n) is 4.17. The van der Waals surface area contributed by atoms with Gasteiger partial charge in [-0.3, -0.25) is 19.3 Å². The summed E-state index contributed by atoms with van der Waals surface area (Å²) in [5.41, 5.74) is 5.71. The lowest BCUT2D eigenvalue weighted by molar-refractivity contribution is -0.164. The smallest absolute Gasteiger partial charge is 0.343 e. The minimum Gasteiger partial charge on any atom is -0.464 e. The normalized spacial score (nSPS) is 23.2. The van der Waals surface area contributed by atoms with Crippen LogP contribution >= 0.6 is 11.6 Å². The molecule has 4 rings (SSSR count). The zero-order valence-electron chi connectivity index (χ0n) is 21.5. The first-order valence-corrected chi connectivity index (χ1v) is 12.2. The van der Waals surface area contributed by atoms with Crippen molar-refractivity contribution < 1.29 is 33.3 Å². The number of imidazole rings is 1. The van der Waals surface area contributed by atoms with Gasteiger partial charge in [-0.2, -0.15) is 15.1 Å². The molecule has 0 bridgehead atoms. The van der Waals surface area contributed by atoms with Crippen LogP contribution in [0.1, 0.15) is 39.6 Å². The Morgan fingerprint density at radius 2 is 2.10 bits per heavy atom. The van der Waals surface area contributed by atoms with E-state index in [1.54, 1.807) is 19.9 Å². The number of Topliss-reactive ketones (excluding diaryl/α,β-unsaturated/α-hetero) is 1. The highest BCUT2D eigenvalue weighted by molar-refractivity contribution is 6.28. The van der Waals surface area contributed by atoms with E-state index < -0.39 is 47.7 Å². The minimum atomic E-state index is -1.48. The molecule has 3 aromatic rings. The van der Waals surface area contributed by atoms with Gasteiger partial charge in [-0.1, -0.05) is 5.92 Å². The number of nitrogens with one attached hydrogen (secondary N) is 1. The molecule has 14 nitrogen and oxygen atoms in total. The number of aromatic amines is 1. The summed E-state index contributed by atoms with van der Waals surface area (Å²) in [4.78, 5) is 49.1. The van der Waals surface area contributed by atoms with Gasteiger partial charge in [0.15, 0.2) is 29.6 Å². The van der Waals surface area contributed by atoms with E-state index in [4.69, 9.17) is 36.3 Å². The number of hydrogen-bond donors (Lipinski definition) is 2. The van der Waals surface area contributed by atoms with Crippen LogP contribution in [0.4, 0.5) is 5.82 Å². The summed E-state index contributed by atoms with van der Waals surface area (Å²) < 4.78 is 24.3. The molecular weight excluding hydrogens is 534 g/mol. The summed E-state index contributed by atoms with van der Waals surface area (Å²) >= 11 is 6.04. The number of hydrogen-bond acceptors (Lipinski definition) is 12. The lowest BCUT2D eigenvalue weighted by Gasteiger charge is -2.30. The number of ether oxygens (including phenoxy) is 4. The molecule has 1 aliphatic rings. The highest BCUT2D eigenvalue weighted by Gasteiger charge is 2.56. The van der Waals surface area contributed by atoms with Crippen molar-refractivity contribution >= 4 is 46.3 Å². The van der Waals surface area contributed by atoms with Gasteiger partial charge in [0.25, 0.3) is 0 Å². The number of nitrogens with zero attached hydrogens (tertiary/aromatic N) is 5. The van der Waals surface area contributed by atoms with Crippen molar-refractivity contribution in [2.24, 2.45) is 5.41 Å². The molecule has 0 saturated carbocycles. The van der Waals surface area contributed by atoms with Gasteiger partial charge < -0.3 is 24.7 Å². The first-order valence-electron chi connectivity index (χ1n) is 11.8. The first-order chi connectivity index (χ1) is 18.5. The predicted octanol–water partition coefficient (Wildman–Crippen LogP) is 1.21. The molecule has 39 heavy (non-hydrogen) atoms. The third-order valence-electron chi connectivity index (χ3n) is 6.06. The van der Waals surface area contributed by atoms with Crippen LogP contribution in [0.2, 0.25) is 5.28 Å². The molecule has 4 heterocycles. The molecule has 0 aliphatic carbocycles. The number of esters is 2. The van der Waals surface area contributed by atoms with Crippen molar-refractivity contribution in [3.8, 4) is 11.8 Å². The van der Waals surface area contributed by atoms with Crippen LogP contribution in [0.5, 0.6) is 0 Å². The second-order valence-electron chi connectivity index (χ2n) is 8.83. The van der Waals surface area contributed by atoms with Crippen LogP contribution in [0.15, 0.2) is 18.6 Å². The van der Waals surface area contributed by atoms with Crippen molar-refractivity contribution in [1.29, 1.82) is 0 Å². The van der Waals surface area contributed by atoms with Crippen molar-refractivity contribution in [3.05, 3.63) is 29.6 Å². The highest BCUT2D eigenvalue weighted by Crippen LogP contribution is 2.46. The number of fused-ring (bicyclic) bond motifs is 1. The predicted molar refractivity (Wildman–Crippen MR) is 135 cm³/mol. The molecule has 206 valence electrons. The van der Waals surface area contributed by atoms with Gasteiger partial charge in [0.05, 0.1) is 25.0 Å². The van der Waals surface area contributed by atoms with Gasteiger partial charge in [-0.25, -0.2) is 9.78 Å². The molecular formula is C24H26ClN7O7. The van der Waals surface area contributed by atoms with Gasteiger partial charge in [-0.05, 0) is 44.4 Å². The van der Waals surface area contributed by atoms with Gasteiger partial charge in [0, 0.05) is 13.1 Å². The topological polar surface area (TPSA) is 186 Å². The van der Waals surface area contributed by atoms with Crippen LogP contribution in [-0.2, 0) is 33.3 Å². The largest absolute Gasteiger partial charge is 0.464 e. The fourth-order valence-corrected chi connectivity index (χ4v) is 4.34. The zero-order chi connectivity index (χ0) is 28.3. The number of carbonyl (C=O) groups excluding carboxylic acids is 3. The van der Waals surface area contributed by atoms with Gasteiger partial charge in [0.2, 0.25) is 11.4 Å². The molecule has 1 fully saturated rings. The number of nitrogen functional groups attached to an aromatic ring is 1. The maximum Gasteiger partial charge on any atom is 0.343 e. The lowest BCUT2D eigenvalue weighted by atomic mass is 9.80. The molecule has 5 atom stereocenters. The summed E-state index contributed by atoms with van der Waals surface area (Å²) in [6, 6.07) is 1.66. The molecule has 3 aromatic heterocycles. The molecule has 3 N–H and O–H groups in total. The molecule has 0 amide bonds. The molecule has 1 aliphatic heterocycles. The van der Waals surface area contributed by atoms with Gasteiger partial charge >= 0.3 is 11.9 Å². The van der Waals surface area contributed by atoms with Crippen LogP contribution < -0.4 is 5.73 Å². The Bertz CT molecular complexity index is 1450. The average Bonchev–Trinajstić information content (AvgIpc) is 3.58. The molecule has 15 heteroatoms. The SMILES string of the molecule is CCOC(=O)C(OC[C@H]1O[C@@H](n2cnc3c(N)nc(Cl)nc32)[C@H](OC(C)=O)[C@@]1(C)C#Cc1ccn[nH]1)C(C)=O. The van der Waals surface area contributed by atoms with E-state index in [2.05, 4.69) is 37.0 Å². The lowest BCUT2D eigenvalue weighted by Crippen LogP contribution is -2.43. The Morgan fingerprint density at radius 1 is 1.33 bits per heavy atom. The van der Waals surface area contributed by atoms with Crippen LogP contribution in [0.25, 0.3) is 11.2 Å². The second-order valence-corrected chi connectivity index (χ2v) is 9.16. The Labute approximate surface area is 227 Å². The maximum absolute atomic E-state index is 12.3. The van der Waals surface area contributed by atoms with E-state index in [-0.39, 0.29) is 35.5 Å². The number of anilines is 1. The van der Waals surface area contributed by atoms with E-state index in [1.165, 1.54) is 30.9 Å². The summed E-state index contributed by atoms with van der Waals surface area (Å²) in [7, 11) is 0. The van der Waals surface area contributed by atoms with Crippen LogP contribution in [0, 0.1) is 17.3 Å². The monoisotopic (exact) mass is 559 g/mol. The van der Waals surface area contributed by atoms with E-state index in [0.717, 1.165) is 0 Å². The van der Waals surface area contributed by atoms with Gasteiger partial charge in [-0.15, -0.1) is 0 Å². The molecule has 1 unspecified atom stereocenters. The van der Waals surface area contributed by atoms with Crippen molar-refractivity contribution in [2.75, 3.05) is 18.9 Å². The number of aromatic nitrogens is 6. The van der Waals surface area contributed by atoms with E-state index in [1.807, 2.05) is 0 Å². The number of H-pyrrole nitrogens is 1. The number of ketones is 1. The summed E-state index contributed by atoms with van der Waals surface area (Å²) in [5, 5.41) is 6.52. The standard InChI is InChI=1S/C24H26ClN7O7/c1-5-36-22(35)17(12(2)33)37-10-15-24(4,8-6-14-7-9-28-31-14)18(38-13(3)34)21(39-15)32-11-27-16-19(26)29-23(25)30-20(16)32/h7,9,11,15,17-18,21H,5,10H2,1-4H3,(H,28,31)(H2,26,29,30)/t15-,17?,18+,21-,24+/m1/s1. The number of halogens is 1. The van der Waals surface area contributed by atoms with Crippen molar-refractivity contribution in [1.82, 2.24) is 29.7 Å². The Balaban J connectivity index is 1.78. The van der Waals surface area contributed by atoms with E-state index in [0.29, 0.717) is 5.69 Å². The van der Waals surface area contributed by atoms with E-state index in [9.17, 15) is 14.4 Å². The fraction of sp³-hybridized carbons (Fsp3) is 0.458. The quantitative estimate of drug-likeness (QED) is 0.174. The molecule has 0 radical (unpaired) electrons. The second kappa shape index (κ2) is 11.4. The summed E-state index contributed by atoms with van der Waals surface area (Å²) in [5.74, 6) is 4.15. The Kier molecular flexibility index (Phi) is 8.14. The number of nitrogens with two attached hydrogens (primary N) is 1. The number of carbonyl (C=O) groups is 3. The third kappa shape index (κ3) is 5.70. The first kappa shape index (κ1) is 28.0. The van der Waals surface area contributed by atoms with Gasteiger partial charge in [0.1, 0.15) is 17.3 Å². The molecule has 1 saturated heterocycles. The third-order valence-corrected chi connectivity index (χ3v) is 6.23. The minimum absolute atomic E-state index is 0.0474. The zero-order valence-corrected chi connectivity index (χ0v) is 22.3. The summed E-state index contributed by atoms with van der Waals surface area (Å²) in [6.07, 6.45) is -1.54. The van der Waals surface area contributed by atoms with Crippen LogP contribution in [-0.4, -0.2) is 79.0 Å². The van der Waals surface area contributed by atoms with Crippen molar-refractivity contribution in [2.45, 2.75) is 52.2 Å². The Morgan fingerprint density at radius 3 is 2.74 bits per heavy atom.